The Kier molecular flexibility index (Phi) is 7.44. The van der Waals surface area contributed by atoms with Crippen molar-refractivity contribution in [3.05, 3.63) is 52.9 Å². The van der Waals surface area contributed by atoms with Gasteiger partial charge in [-0.15, -0.1) is 0 Å². The fourth-order valence-corrected chi connectivity index (χ4v) is 3.26. The van der Waals surface area contributed by atoms with Crippen LogP contribution in [0.3, 0.4) is 0 Å². The zero-order chi connectivity index (χ0) is 23.4. The average molecular weight is 447 g/mol. The molecule has 10 heteroatoms. The number of amides is 1. The van der Waals surface area contributed by atoms with Crippen LogP contribution in [0, 0.1) is 0 Å². The van der Waals surface area contributed by atoms with Crippen molar-refractivity contribution in [1.29, 1.82) is 0 Å². The van der Waals surface area contributed by atoms with Crippen molar-refractivity contribution < 1.29 is 39.5 Å². The molecule has 1 aromatic heterocycles. The number of likely N-dealkylation sites (N-methyl/N-ethyl adjacent to an activating group) is 1. The summed E-state index contributed by atoms with van der Waals surface area (Å²) in [6, 6.07) is 11.9. The average Bonchev–Trinajstić information content (AvgIpc) is 2.80. The second-order valence-corrected chi connectivity index (χ2v) is 7.45. The second-order valence-electron chi connectivity index (χ2n) is 7.45. The molecule has 10 nitrogen and oxygen atoms in total. The van der Waals surface area contributed by atoms with Crippen LogP contribution in [0.15, 0.2) is 51.7 Å². The van der Waals surface area contributed by atoms with Gasteiger partial charge in [-0.3, -0.25) is 4.79 Å². The van der Waals surface area contributed by atoms with E-state index in [1.54, 1.807) is 24.3 Å². The number of nitrogens with zero attached hydrogens (tertiary/aromatic N) is 1. The molecule has 0 aliphatic carbocycles. The molecule has 0 spiro atoms. The number of benzene rings is 2. The van der Waals surface area contributed by atoms with E-state index < -0.39 is 49.2 Å². The van der Waals surface area contributed by atoms with Crippen LogP contribution in [0.2, 0.25) is 0 Å². The standard InChI is InChI=1S/C22H25NO9/c1-23(9-16(25)20(28)21(29)17(26)10-24)19(27)11-31-12-6-7-14-13-4-2-3-5-15(13)22(30)32-18(14)8-12/h2-8,16-17,20-21,24-26,28-29H,9-11H2,1H3/t16-,17+,20-,21-/m0/s1. The molecule has 4 atom stereocenters. The predicted molar refractivity (Wildman–Crippen MR) is 114 cm³/mol. The molecule has 1 amide bonds. The van der Waals surface area contributed by atoms with Gasteiger partial charge in [-0.25, -0.2) is 4.79 Å². The highest BCUT2D eigenvalue weighted by molar-refractivity contribution is 6.04. The quantitative estimate of drug-likeness (QED) is 0.209. The van der Waals surface area contributed by atoms with Gasteiger partial charge in [0.2, 0.25) is 0 Å². The summed E-state index contributed by atoms with van der Waals surface area (Å²) in [6.07, 6.45) is -6.75. The van der Waals surface area contributed by atoms with Gasteiger partial charge in [0.1, 0.15) is 35.7 Å². The normalized spacial score (nSPS) is 15.3. The van der Waals surface area contributed by atoms with Gasteiger partial charge < -0.3 is 39.6 Å². The van der Waals surface area contributed by atoms with Crippen LogP contribution in [-0.2, 0) is 4.79 Å². The van der Waals surface area contributed by atoms with E-state index in [0.717, 1.165) is 15.7 Å². The summed E-state index contributed by atoms with van der Waals surface area (Å²) >= 11 is 0. The SMILES string of the molecule is CN(C[C@H](O)[C@H](O)[C@@H](O)[C@H](O)CO)C(=O)COc1ccc2c(c1)oc(=O)c1ccccc12. The summed E-state index contributed by atoms with van der Waals surface area (Å²) in [5.74, 6) is -0.242. The number of hydrogen-bond acceptors (Lipinski definition) is 9. The Labute approximate surface area is 182 Å². The molecule has 0 saturated carbocycles. The van der Waals surface area contributed by atoms with Gasteiger partial charge >= 0.3 is 5.63 Å². The van der Waals surface area contributed by atoms with Crippen LogP contribution in [0.1, 0.15) is 0 Å². The van der Waals surface area contributed by atoms with E-state index in [2.05, 4.69) is 0 Å². The summed E-state index contributed by atoms with van der Waals surface area (Å²) in [5, 5.41) is 49.6. The summed E-state index contributed by atoms with van der Waals surface area (Å²) < 4.78 is 10.8. The minimum Gasteiger partial charge on any atom is -0.484 e. The summed E-state index contributed by atoms with van der Waals surface area (Å²) in [6.45, 7) is -1.54. The third-order valence-corrected chi connectivity index (χ3v) is 5.17. The molecule has 1 heterocycles. The molecule has 0 unspecified atom stereocenters. The molecule has 3 aromatic rings. The second kappa shape index (κ2) is 10.1. The molecule has 0 bridgehead atoms. The largest absolute Gasteiger partial charge is 0.484 e. The van der Waals surface area contributed by atoms with Crippen molar-refractivity contribution in [3.8, 4) is 5.75 Å². The lowest BCUT2D eigenvalue weighted by Gasteiger charge is -2.28. The fraction of sp³-hybridized carbons (Fsp3) is 0.364. The molecule has 32 heavy (non-hydrogen) atoms. The van der Waals surface area contributed by atoms with Gasteiger partial charge in [-0.05, 0) is 23.6 Å². The lowest BCUT2D eigenvalue weighted by atomic mass is 10.0. The highest BCUT2D eigenvalue weighted by atomic mass is 16.5. The number of fused-ring (bicyclic) bond motifs is 3. The Morgan fingerprint density at radius 1 is 1.00 bits per heavy atom. The first-order valence-corrected chi connectivity index (χ1v) is 9.88. The van der Waals surface area contributed by atoms with Gasteiger partial charge in [-0.1, -0.05) is 18.2 Å². The highest BCUT2D eigenvalue weighted by Crippen LogP contribution is 2.26. The van der Waals surface area contributed by atoms with E-state index in [1.165, 1.54) is 13.1 Å². The van der Waals surface area contributed by atoms with Gasteiger partial charge in [-0.2, -0.15) is 0 Å². The smallest absolute Gasteiger partial charge is 0.344 e. The van der Waals surface area contributed by atoms with E-state index in [0.29, 0.717) is 16.7 Å². The summed E-state index contributed by atoms with van der Waals surface area (Å²) in [4.78, 5) is 25.6. The molecule has 0 saturated heterocycles. The predicted octanol–water partition coefficient (Wildman–Crippen LogP) is -0.781. The van der Waals surface area contributed by atoms with Crippen molar-refractivity contribution in [3.63, 3.8) is 0 Å². The molecular formula is C22H25NO9. The topological polar surface area (TPSA) is 161 Å². The molecule has 0 aliphatic heterocycles. The molecule has 3 rings (SSSR count). The van der Waals surface area contributed by atoms with Gasteiger partial charge in [0.15, 0.2) is 6.61 Å². The maximum absolute atomic E-state index is 12.3. The van der Waals surface area contributed by atoms with Crippen molar-refractivity contribution in [2.24, 2.45) is 0 Å². The zero-order valence-corrected chi connectivity index (χ0v) is 17.3. The molecule has 5 N–H and O–H groups in total. The van der Waals surface area contributed by atoms with Gasteiger partial charge in [0.05, 0.1) is 12.0 Å². The molecule has 0 aliphatic rings. The van der Waals surface area contributed by atoms with E-state index in [1.807, 2.05) is 12.1 Å². The molecule has 2 aromatic carbocycles. The monoisotopic (exact) mass is 447 g/mol. The van der Waals surface area contributed by atoms with E-state index in [-0.39, 0.29) is 6.54 Å². The van der Waals surface area contributed by atoms with E-state index in [4.69, 9.17) is 14.3 Å². The van der Waals surface area contributed by atoms with Crippen molar-refractivity contribution in [2.45, 2.75) is 24.4 Å². The molecule has 172 valence electrons. The molecular weight excluding hydrogens is 422 g/mol. The Balaban J connectivity index is 1.64. The van der Waals surface area contributed by atoms with Crippen LogP contribution in [0.4, 0.5) is 0 Å². The third kappa shape index (κ3) is 5.06. The maximum atomic E-state index is 12.3. The van der Waals surface area contributed by atoms with Crippen LogP contribution in [0.25, 0.3) is 21.7 Å². The first kappa shape index (κ1) is 23.6. The van der Waals surface area contributed by atoms with Gasteiger partial charge in [0.25, 0.3) is 5.91 Å². The highest BCUT2D eigenvalue weighted by Gasteiger charge is 2.31. The first-order valence-electron chi connectivity index (χ1n) is 9.88. The summed E-state index contributed by atoms with van der Waals surface area (Å²) in [5.41, 5.74) is -0.177. The minimum absolute atomic E-state index is 0.291. The number of aliphatic hydroxyl groups excluding tert-OH is 5. The lowest BCUT2D eigenvalue weighted by Crippen LogP contribution is -2.50. The number of ether oxygens (including phenoxy) is 1. The minimum atomic E-state index is -1.78. The van der Waals surface area contributed by atoms with Gasteiger partial charge in [0, 0.05) is 25.0 Å². The Morgan fingerprint density at radius 2 is 1.66 bits per heavy atom. The number of aliphatic hydroxyl groups is 5. The van der Waals surface area contributed by atoms with Crippen LogP contribution >= 0.6 is 0 Å². The van der Waals surface area contributed by atoms with E-state index in [9.17, 15) is 30.0 Å². The fourth-order valence-electron chi connectivity index (χ4n) is 3.26. The Bertz CT molecular complexity index is 1150. The van der Waals surface area contributed by atoms with E-state index >= 15 is 0 Å². The molecule has 0 radical (unpaired) electrons. The summed E-state index contributed by atoms with van der Waals surface area (Å²) in [7, 11) is 1.36. The third-order valence-electron chi connectivity index (χ3n) is 5.17. The lowest BCUT2D eigenvalue weighted by molar-refractivity contribution is -0.139. The number of rotatable bonds is 9. The van der Waals surface area contributed by atoms with Crippen LogP contribution < -0.4 is 10.4 Å². The van der Waals surface area contributed by atoms with Crippen molar-refractivity contribution in [2.75, 3.05) is 26.8 Å². The number of carbonyl (C=O) groups is 1. The Morgan fingerprint density at radius 3 is 2.34 bits per heavy atom. The number of carbonyl (C=O) groups excluding carboxylic acids is 1. The zero-order valence-electron chi connectivity index (χ0n) is 17.3. The van der Waals surface area contributed by atoms with Crippen molar-refractivity contribution >= 4 is 27.6 Å². The van der Waals surface area contributed by atoms with Crippen LogP contribution in [0.5, 0.6) is 5.75 Å². The maximum Gasteiger partial charge on any atom is 0.344 e. The van der Waals surface area contributed by atoms with Crippen molar-refractivity contribution in [1.82, 2.24) is 4.90 Å². The first-order chi connectivity index (χ1) is 15.2. The molecule has 0 fully saturated rings. The number of hydrogen-bond donors (Lipinski definition) is 5. The Hall–Kier alpha value is -3.02. The van der Waals surface area contributed by atoms with Crippen LogP contribution in [-0.4, -0.2) is 87.6 Å².